The van der Waals surface area contributed by atoms with E-state index in [9.17, 15) is 0 Å². The third kappa shape index (κ3) is 2.30. The number of hydrogen-bond donors (Lipinski definition) is 1. The Balaban J connectivity index is 2.00. The number of nitrogens with zero attached hydrogens (tertiary/aromatic N) is 1. The van der Waals surface area contributed by atoms with E-state index in [0.29, 0.717) is 12.5 Å². The lowest BCUT2D eigenvalue weighted by Crippen LogP contribution is -2.09. The van der Waals surface area contributed by atoms with Crippen molar-refractivity contribution in [2.24, 2.45) is 5.73 Å². The Morgan fingerprint density at radius 3 is 3.29 bits per heavy atom. The molecule has 0 radical (unpaired) electrons. The molecule has 1 unspecified atom stereocenters. The maximum Gasteiger partial charge on any atom is 0.195 e. The van der Waals surface area contributed by atoms with E-state index in [4.69, 9.17) is 10.2 Å². The molecule has 0 bridgehead atoms. The van der Waals surface area contributed by atoms with Crippen LogP contribution in [-0.4, -0.2) is 23.0 Å². The molecule has 3 nitrogen and oxygen atoms in total. The van der Waals surface area contributed by atoms with Gasteiger partial charge in [-0.15, -0.1) is 0 Å². The van der Waals surface area contributed by atoms with Crippen molar-refractivity contribution in [1.82, 2.24) is 4.98 Å². The molecule has 1 saturated heterocycles. The van der Waals surface area contributed by atoms with Crippen molar-refractivity contribution in [2.75, 3.05) is 18.1 Å². The van der Waals surface area contributed by atoms with E-state index in [1.807, 2.05) is 18.0 Å². The van der Waals surface area contributed by atoms with Gasteiger partial charge in [0, 0.05) is 24.6 Å². The zero-order chi connectivity index (χ0) is 9.80. The molecule has 1 atom stereocenters. The average Bonchev–Trinajstić information content (AvgIpc) is 2.68. The first-order chi connectivity index (χ1) is 6.90. The lowest BCUT2D eigenvalue weighted by molar-refractivity contribution is 0.495. The number of oxazole rings is 1. The highest BCUT2D eigenvalue weighted by Crippen LogP contribution is 2.30. The molecule has 1 aromatic heterocycles. The second kappa shape index (κ2) is 4.84. The highest BCUT2D eigenvalue weighted by molar-refractivity contribution is 7.99. The fourth-order valence-electron chi connectivity index (χ4n) is 1.72. The molecule has 0 saturated carbocycles. The molecule has 0 aliphatic carbocycles. The predicted octanol–water partition coefficient (Wildman–Crippen LogP) is 1.79. The van der Waals surface area contributed by atoms with Crippen LogP contribution in [0.4, 0.5) is 0 Å². The zero-order valence-corrected chi connectivity index (χ0v) is 9.05. The smallest absolute Gasteiger partial charge is 0.195 e. The van der Waals surface area contributed by atoms with Crippen LogP contribution in [0.15, 0.2) is 10.7 Å². The van der Waals surface area contributed by atoms with Crippen LogP contribution >= 0.6 is 11.8 Å². The minimum atomic E-state index is 0.601. The lowest BCUT2D eigenvalue weighted by Gasteiger charge is -2.18. The van der Waals surface area contributed by atoms with Crippen molar-refractivity contribution in [3.05, 3.63) is 17.8 Å². The number of hydrogen-bond acceptors (Lipinski definition) is 4. The van der Waals surface area contributed by atoms with Gasteiger partial charge in [-0.3, -0.25) is 0 Å². The number of rotatable bonds is 3. The molecule has 1 aromatic rings. The van der Waals surface area contributed by atoms with E-state index < -0.39 is 0 Å². The maximum atomic E-state index is 5.44. The van der Waals surface area contributed by atoms with Crippen molar-refractivity contribution >= 4 is 11.8 Å². The van der Waals surface area contributed by atoms with Gasteiger partial charge in [-0.25, -0.2) is 4.98 Å². The van der Waals surface area contributed by atoms with E-state index >= 15 is 0 Å². The van der Waals surface area contributed by atoms with Crippen molar-refractivity contribution in [3.63, 3.8) is 0 Å². The average molecular weight is 212 g/mol. The Kier molecular flexibility index (Phi) is 3.48. The Morgan fingerprint density at radius 1 is 1.64 bits per heavy atom. The molecular weight excluding hydrogens is 196 g/mol. The first-order valence-corrected chi connectivity index (χ1v) is 6.27. The van der Waals surface area contributed by atoms with Gasteiger partial charge in [0.2, 0.25) is 0 Å². The Morgan fingerprint density at radius 2 is 2.57 bits per heavy atom. The number of aromatic nitrogens is 1. The second-order valence-electron chi connectivity index (χ2n) is 3.62. The monoisotopic (exact) mass is 212 g/mol. The van der Waals surface area contributed by atoms with Crippen LogP contribution in [-0.2, 0) is 6.42 Å². The Hall–Kier alpha value is -0.480. The third-order valence-corrected chi connectivity index (χ3v) is 3.72. The van der Waals surface area contributed by atoms with E-state index in [2.05, 4.69) is 4.98 Å². The van der Waals surface area contributed by atoms with Crippen LogP contribution in [0.5, 0.6) is 0 Å². The quantitative estimate of drug-likeness (QED) is 0.830. The van der Waals surface area contributed by atoms with Crippen LogP contribution in [0.1, 0.15) is 30.3 Å². The van der Waals surface area contributed by atoms with E-state index in [1.54, 1.807) is 0 Å². The van der Waals surface area contributed by atoms with Crippen LogP contribution in [0, 0.1) is 0 Å². The fraction of sp³-hybridized carbons (Fsp3) is 0.700. The number of thioether (sulfide) groups is 1. The fourth-order valence-corrected chi connectivity index (χ4v) is 2.88. The molecule has 2 rings (SSSR count). The van der Waals surface area contributed by atoms with Gasteiger partial charge in [0.25, 0.3) is 0 Å². The van der Waals surface area contributed by atoms with Crippen molar-refractivity contribution < 1.29 is 4.42 Å². The normalized spacial score (nSPS) is 22.5. The summed E-state index contributed by atoms with van der Waals surface area (Å²) in [5, 5.41) is 0. The SMILES string of the molecule is NCCc1nc(C2CCCSC2)co1. The molecule has 0 spiro atoms. The van der Waals surface area contributed by atoms with Gasteiger partial charge in [0.15, 0.2) is 5.89 Å². The largest absolute Gasteiger partial charge is 0.449 e. The van der Waals surface area contributed by atoms with Crippen LogP contribution in [0.2, 0.25) is 0 Å². The van der Waals surface area contributed by atoms with Crippen molar-refractivity contribution in [3.8, 4) is 0 Å². The van der Waals surface area contributed by atoms with Gasteiger partial charge in [-0.1, -0.05) is 0 Å². The molecule has 4 heteroatoms. The summed E-state index contributed by atoms with van der Waals surface area (Å²) in [6.45, 7) is 0.610. The predicted molar refractivity (Wildman–Crippen MR) is 58.6 cm³/mol. The standard InChI is InChI=1S/C10H16N2OS/c11-4-3-10-12-9(6-13-10)8-2-1-5-14-7-8/h6,8H,1-5,7,11H2. The van der Waals surface area contributed by atoms with Gasteiger partial charge in [-0.2, -0.15) is 11.8 Å². The Labute approximate surface area is 88.5 Å². The third-order valence-electron chi connectivity index (χ3n) is 2.51. The van der Waals surface area contributed by atoms with Crippen molar-refractivity contribution in [1.29, 1.82) is 0 Å². The summed E-state index contributed by atoms with van der Waals surface area (Å²) < 4.78 is 5.36. The zero-order valence-electron chi connectivity index (χ0n) is 8.24. The second-order valence-corrected chi connectivity index (χ2v) is 4.77. The summed E-state index contributed by atoms with van der Waals surface area (Å²) in [5.74, 6) is 3.88. The van der Waals surface area contributed by atoms with Crippen LogP contribution in [0.25, 0.3) is 0 Å². The molecular formula is C10H16N2OS. The molecule has 2 N–H and O–H groups in total. The Bertz CT molecular complexity index is 281. The topological polar surface area (TPSA) is 52.0 Å². The van der Waals surface area contributed by atoms with E-state index in [0.717, 1.165) is 18.0 Å². The van der Waals surface area contributed by atoms with Gasteiger partial charge in [0.1, 0.15) is 6.26 Å². The number of nitrogens with two attached hydrogens (primary N) is 1. The van der Waals surface area contributed by atoms with Crippen molar-refractivity contribution in [2.45, 2.75) is 25.2 Å². The van der Waals surface area contributed by atoms with Crippen LogP contribution < -0.4 is 5.73 Å². The van der Waals surface area contributed by atoms with Gasteiger partial charge in [0.05, 0.1) is 5.69 Å². The molecule has 2 heterocycles. The summed E-state index contributed by atoms with van der Waals surface area (Å²) >= 11 is 2.01. The molecule has 78 valence electrons. The molecule has 1 aliphatic heterocycles. The van der Waals surface area contributed by atoms with E-state index in [-0.39, 0.29) is 0 Å². The minimum Gasteiger partial charge on any atom is -0.449 e. The van der Waals surface area contributed by atoms with Gasteiger partial charge < -0.3 is 10.2 Å². The molecule has 0 aromatic carbocycles. The van der Waals surface area contributed by atoms with Crippen LogP contribution in [0.3, 0.4) is 0 Å². The summed E-state index contributed by atoms with van der Waals surface area (Å²) in [5.41, 5.74) is 6.57. The first-order valence-electron chi connectivity index (χ1n) is 5.12. The molecule has 14 heavy (non-hydrogen) atoms. The summed E-state index contributed by atoms with van der Waals surface area (Å²) in [7, 11) is 0. The highest BCUT2D eigenvalue weighted by atomic mass is 32.2. The summed E-state index contributed by atoms with van der Waals surface area (Å²) in [6, 6.07) is 0. The summed E-state index contributed by atoms with van der Waals surface area (Å²) in [4.78, 5) is 4.46. The first kappa shape index (κ1) is 10.1. The molecule has 1 fully saturated rings. The maximum absolute atomic E-state index is 5.44. The molecule has 0 amide bonds. The highest BCUT2D eigenvalue weighted by Gasteiger charge is 2.19. The summed E-state index contributed by atoms with van der Waals surface area (Å²) in [6.07, 6.45) is 5.11. The van der Waals surface area contributed by atoms with Gasteiger partial charge >= 0.3 is 0 Å². The molecule has 1 aliphatic rings. The van der Waals surface area contributed by atoms with Gasteiger partial charge in [-0.05, 0) is 18.6 Å². The van der Waals surface area contributed by atoms with E-state index in [1.165, 1.54) is 24.3 Å². The lowest BCUT2D eigenvalue weighted by atomic mass is 10.0. The minimum absolute atomic E-state index is 0.601.